The summed E-state index contributed by atoms with van der Waals surface area (Å²) in [6, 6.07) is 4.68. The van der Waals surface area contributed by atoms with Gasteiger partial charge in [0, 0.05) is 11.6 Å². The first-order chi connectivity index (χ1) is 7.84. The number of aliphatic imine (C=N–C) groups is 1. The number of nitrogens with one attached hydrogen (secondary N) is 1. The number of alkyl halides is 3. The lowest BCUT2D eigenvalue weighted by Gasteiger charge is -2.10. The quantitative estimate of drug-likeness (QED) is 0.363. The van der Waals surface area contributed by atoms with Crippen LogP contribution in [0, 0.1) is 0 Å². The van der Waals surface area contributed by atoms with Gasteiger partial charge in [0.1, 0.15) is 5.84 Å². The Balaban J connectivity index is 3.01. The van der Waals surface area contributed by atoms with Crippen molar-refractivity contribution < 1.29 is 13.2 Å². The Labute approximate surface area is 97.5 Å². The number of amidine groups is 1. The molecule has 0 aromatic heterocycles. The lowest BCUT2D eigenvalue weighted by molar-refractivity contribution is -0.137. The van der Waals surface area contributed by atoms with Gasteiger partial charge in [-0.05, 0) is 26.0 Å². The fraction of sp³-hybridized carbons (Fsp3) is 0.364. The summed E-state index contributed by atoms with van der Waals surface area (Å²) in [4.78, 5) is 4.16. The second kappa shape index (κ2) is 5.18. The van der Waals surface area contributed by atoms with Crippen LogP contribution in [0.15, 0.2) is 29.3 Å². The number of hydrogen-bond acceptors (Lipinski definition) is 2. The van der Waals surface area contributed by atoms with Gasteiger partial charge in [0.05, 0.1) is 5.56 Å². The van der Waals surface area contributed by atoms with Gasteiger partial charge < -0.3 is 5.43 Å². The van der Waals surface area contributed by atoms with Gasteiger partial charge >= 0.3 is 6.18 Å². The third-order valence-electron chi connectivity index (χ3n) is 2.01. The van der Waals surface area contributed by atoms with Crippen molar-refractivity contribution in [2.24, 2.45) is 10.8 Å². The highest BCUT2D eigenvalue weighted by molar-refractivity contribution is 5.98. The van der Waals surface area contributed by atoms with Crippen LogP contribution >= 0.6 is 0 Å². The minimum absolute atomic E-state index is 0.00310. The molecule has 0 heterocycles. The molecule has 0 aliphatic rings. The van der Waals surface area contributed by atoms with Crippen molar-refractivity contribution in [1.82, 2.24) is 5.43 Å². The highest BCUT2D eigenvalue weighted by Gasteiger charge is 2.30. The fourth-order valence-corrected chi connectivity index (χ4v) is 1.27. The number of hydrazine groups is 1. The molecule has 1 aromatic carbocycles. The molecule has 0 aliphatic carbocycles. The van der Waals surface area contributed by atoms with Crippen molar-refractivity contribution in [1.29, 1.82) is 0 Å². The van der Waals surface area contributed by atoms with Gasteiger partial charge in [0.2, 0.25) is 0 Å². The topological polar surface area (TPSA) is 50.4 Å². The molecular weight excluding hydrogens is 231 g/mol. The highest BCUT2D eigenvalue weighted by Crippen LogP contribution is 2.29. The predicted molar refractivity (Wildman–Crippen MR) is 60.4 cm³/mol. The molecule has 94 valence electrons. The first-order valence-corrected chi connectivity index (χ1v) is 5.06. The zero-order valence-corrected chi connectivity index (χ0v) is 9.55. The van der Waals surface area contributed by atoms with Gasteiger partial charge in [-0.15, -0.1) is 0 Å². The van der Waals surface area contributed by atoms with Crippen molar-refractivity contribution in [3.63, 3.8) is 0 Å². The lowest BCUT2D eigenvalue weighted by atomic mass is 10.1. The van der Waals surface area contributed by atoms with Crippen LogP contribution in [0.1, 0.15) is 25.0 Å². The number of rotatable bonds is 2. The highest BCUT2D eigenvalue weighted by atomic mass is 19.4. The smallest absolute Gasteiger partial charge is 0.308 e. The summed E-state index contributed by atoms with van der Waals surface area (Å²) in [5, 5.41) is 0. The predicted octanol–water partition coefficient (Wildman–Crippen LogP) is 2.32. The van der Waals surface area contributed by atoms with Crippen LogP contribution in [0.3, 0.4) is 0 Å². The van der Waals surface area contributed by atoms with Crippen LogP contribution in [0.25, 0.3) is 0 Å². The van der Waals surface area contributed by atoms with E-state index in [0.29, 0.717) is 11.4 Å². The van der Waals surface area contributed by atoms with Gasteiger partial charge in [-0.2, -0.15) is 13.2 Å². The maximum Gasteiger partial charge on any atom is 0.416 e. The van der Waals surface area contributed by atoms with E-state index in [0.717, 1.165) is 12.1 Å². The number of halogens is 3. The van der Waals surface area contributed by atoms with E-state index in [1.54, 1.807) is 0 Å². The average molecular weight is 245 g/mol. The first kappa shape index (κ1) is 13.5. The Bertz CT molecular complexity index is 393. The summed E-state index contributed by atoms with van der Waals surface area (Å²) in [6.45, 7) is 3.70. The second-order valence-electron chi connectivity index (χ2n) is 3.79. The van der Waals surface area contributed by atoms with Crippen LogP contribution < -0.4 is 11.3 Å². The summed E-state index contributed by atoms with van der Waals surface area (Å²) in [7, 11) is 0. The molecule has 3 nitrogen and oxygen atoms in total. The molecule has 0 fully saturated rings. The van der Waals surface area contributed by atoms with E-state index in [2.05, 4.69) is 10.4 Å². The van der Waals surface area contributed by atoms with E-state index in [1.807, 2.05) is 13.8 Å². The van der Waals surface area contributed by atoms with E-state index >= 15 is 0 Å². The van der Waals surface area contributed by atoms with E-state index in [-0.39, 0.29) is 6.04 Å². The molecule has 3 N–H and O–H groups in total. The monoisotopic (exact) mass is 245 g/mol. The standard InChI is InChI=1S/C11H14F3N3/c1-7(2)16-10(17-15)8-3-5-9(6-4-8)11(12,13)14/h3-7H,15H2,1-2H3,(H,16,17). The van der Waals surface area contributed by atoms with E-state index < -0.39 is 11.7 Å². The molecule has 17 heavy (non-hydrogen) atoms. The Morgan fingerprint density at radius 3 is 2.12 bits per heavy atom. The molecule has 0 bridgehead atoms. The average Bonchev–Trinajstić information content (AvgIpc) is 2.24. The molecule has 0 saturated carbocycles. The molecule has 0 radical (unpaired) electrons. The van der Waals surface area contributed by atoms with Crippen LogP contribution in [-0.4, -0.2) is 11.9 Å². The van der Waals surface area contributed by atoms with E-state index in [9.17, 15) is 13.2 Å². The zero-order valence-electron chi connectivity index (χ0n) is 9.55. The minimum Gasteiger partial charge on any atom is -0.308 e. The largest absolute Gasteiger partial charge is 0.416 e. The maximum atomic E-state index is 12.3. The number of nitrogens with two attached hydrogens (primary N) is 1. The molecular formula is C11H14F3N3. The maximum absolute atomic E-state index is 12.3. The molecule has 1 aromatic rings. The molecule has 0 atom stereocenters. The normalized spacial score (nSPS) is 13.0. The summed E-state index contributed by atoms with van der Waals surface area (Å²) < 4.78 is 37.0. The SMILES string of the molecule is CC(C)N=C(NN)c1ccc(C(F)(F)F)cc1. The Kier molecular flexibility index (Phi) is 4.11. The molecule has 0 aliphatic heterocycles. The Morgan fingerprint density at radius 1 is 1.24 bits per heavy atom. The van der Waals surface area contributed by atoms with Gasteiger partial charge in [0.25, 0.3) is 0 Å². The van der Waals surface area contributed by atoms with Gasteiger partial charge in [-0.3, -0.25) is 4.99 Å². The third-order valence-corrected chi connectivity index (χ3v) is 2.01. The van der Waals surface area contributed by atoms with Crippen molar-refractivity contribution in [2.75, 3.05) is 0 Å². The van der Waals surface area contributed by atoms with Crippen molar-refractivity contribution in [2.45, 2.75) is 26.1 Å². The zero-order chi connectivity index (χ0) is 13.1. The summed E-state index contributed by atoms with van der Waals surface area (Å²) >= 11 is 0. The summed E-state index contributed by atoms with van der Waals surface area (Å²) in [6.07, 6.45) is -4.33. The Morgan fingerprint density at radius 2 is 1.76 bits per heavy atom. The summed E-state index contributed by atoms with van der Waals surface area (Å²) in [5.41, 5.74) is 2.21. The molecule has 0 amide bonds. The Hall–Kier alpha value is -1.56. The van der Waals surface area contributed by atoms with Gasteiger partial charge in [-0.25, -0.2) is 5.84 Å². The minimum atomic E-state index is -4.33. The number of benzene rings is 1. The molecule has 1 rings (SSSR count). The number of nitrogens with zero attached hydrogens (tertiary/aromatic N) is 1. The molecule has 6 heteroatoms. The third kappa shape index (κ3) is 3.74. The summed E-state index contributed by atoms with van der Waals surface area (Å²) in [5.74, 6) is 5.64. The number of hydrogen-bond donors (Lipinski definition) is 2. The van der Waals surface area contributed by atoms with Crippen molar-refractivity contribution in [3.05, 3.63) is 35.4 Å². The van der Waals surface area contributed by atoms with Crippen LogP contribution in [0.2, 0.25) is 0 Å². The second-order valence-corrected chi connectivity index (χ2v) is 3.79. The first-order valence-electron chi connectivity index (χ1n) is 5.06. The lowest BCUT2D eigenvalue weighted by Crippen LogP contribution is -2.32. The molecule has 0 spiro atoms. The van der Waals surface area contributed by atoms with Crippen molar-refractivity contribution >= 4 is 5.84 Å². The van der Waals surface area contributed by atoms with Gasteiger partial charge in [0.15, 0.2) is 0 Å². The van der Waals surface area contributed by atoms with Crippen LogP contribution in [0.4, 0.5) is 13.2 Å². The molecule has 0 unspecified atom stereocenters. The van der Waals surface area contributed by atoms with E-state index in [1.165, 1.54) is 12.1 Å². The van der Waals surface area contributed by atoms with Gasteiger partial charge in [-0.1, -0.05) is 12.1 Å². The molecule has 0 saturated heterocycles. The van der Waals surface area contributed by atoms with E-state index in [4.69, 9.17) is 5.84 Å². The fourth-order valence-electron chi connectivity index (χ4n) is 1.27. The van der Waals surface area contributed by atoms with Crippen LogP contribution in [-0.2, 0) is 6.18 Å². The van der Waals surface area contributed by atoms with Crippen LogP contribution in [0.5, 0.6) is 0 Å². The van der Waals surface area contributed by atoms with Crippen molar-refractivity contribution in [3.8, 4) is 0 Å².